The number of fused-ring (bicyclic) bond motifs is 1. The molecular formula is C8H6N2O2. The summed E-state index contributed by atoms with van der Waals surface area (Å²) in [5.74, 6) is 0.0347. The first-order chi connectivity index (χ1) is 5.86. The van der Waals surface area contributed by atoms with Gasteiger partial charge >= 0.3 is 5.97 Å². The van der Waals surface area contributed by atoms with E-state index in [4.69, 9.17) is 4.74 Å². The molecule has 0 radical (unpaired) electrons. The summed E-state index contributed by atoms with van der Waals surface area (Å²) in [5.41, 5.74) is 3.37. The Hall–Kier alpha value is -1.84. The maximum atomic E-state index is 10.8. The number of nitrogens with zero attached hydrogens (tertiary/aromatic N) is 1. The van der Waals surface area contributed by atoms with Crippen molar-refractivity contribution >= 4 is 17.9 Å². The Morgan fingerprint density at radius 3 is 3.08 bits per heavy atom. The molecule has 4 nitrogen and oxygen atoms in total. The Labute approximate surface area is 68.8 Å². The number of carbonyl (C=O) groups is 1. The van der Waals surface area contributed by atoms with E-state index in [-0.39, 0.29) is 0 Å². The number of hydrazone groups is 1. The lowest BCUT2D eigenvalue weighted by molar-refractivity contribution is -0.126. The van der Waals surface area contributed by atoms with Gasteiger partial charge in [-0.2, -0.15) is 5.10 Å². The summed E-state index contributed by atoms with van der Waals surface area (Å²) in [7, 11) is 0. The highest BCUT2D eigenvalue weighted by Gasteiger charge is 2.09. The first-order valence-corrected chi connectivity index (χ1v) is 3.46. The highest BCUT2D eigenvalue weighted by Crippen LogP contribution is 2.24. The van der Waals surface area contributed by atoms with Gasteiger partial charge in [0.05, 0.1) is 5.69 Å². The van der Waals surface area contributed by atoms with E-state index in [9.17, 15) is 4.79 Å². The summed E-state index contributed by atoms with van der Waals surface area (Å²) >= 11 is 0. The third-order valence-electron chi connectivity index (χ3n) is 1.45. The number of rotatable bonds is 0. The Morgan fingerprint density at radius 2 is 2.17 bits per heavy atom. The Balaban J connectivity index is 2.44. The molecule has 0 aromatic heterocycles. The van der Waals surface area contributed by atoms with Crippen LogP contribution in [0.15, 0.2) is 29.4 Å². The smallest absolute Gasteiger partial charge is 0.356 e. The molecule has 0 unspecified atom stereocenters. The molecule has 1 aliphatic rings. The Bertz CT molecular complexity index is 347. The molecule has 0 amide bonds. The van der Waals surface area contributed by atoms with E-state index in [2.05, 4.69) is 10.5 Å². The van der Waals surface area contributed by atoms with Crippen molar-refractivity contribution in [3.8, 4) is 5.75 Å². The minimum atomic E-state index is -0.465. The number of benzene rings is 1. The van der Waals surface area contributed by atoms with Gasteiger partial charge in [-0.25, -0.2) is 4.79 Å². The molecule has 1 aliphatic heterocycles. The van der Waals surface area contributed by atoms with Gasteiger partial charge in [0.2, 0.25) is 0 Å². The molecule has 60 valence electrons. The zero-order valence-corrected chi connectivity index (χ0v) is 6.15. The van der Waals surface area contributed by atoms with Crippen molar-refractivity contribution in [2.24, 2.45) is 5.10 Å². The van der Waals surface area contributed by atoms with Gasteiger partial charge in [0.15, 0.2) is 5.75 Å². The molecule has 0 fully saturated rings. The zero-order chi connectivity index (χ0) is 8.39. The van der Waals surface area contributed by atoms with E-state index in [1.807, 2.05) is 6.07 Å². The van der Waals surface area contributed by atoms with Gasteiger partial charge in [-0.3, -0.25) is 5.43 Å². The van der Waals surface area contributed by atoms with Gasteiger partial charge in [0, 0.05) is 0 Å². The maximum Gasteiger partial charge on any atom is 0.356 e. The molecular weight excluding hydrogens is 156 g/mol. The van der Waals surface area contributed by atoms with Gasteiger partial charge in [-0.1, -0.05) is 12.1 Å². The Morgan fingerprint density at radius 1 is 1.33 bits per heavy atom. The zero-order valence-electron chi connectivity index (χ0n) is 6.15. The van der Waals surface area contributed by atoms with Crippen molar-refractivity contribution in [3.05, 3.63) is 24.3 Å². The van der Waals surface area contributed by atoms with Crippen LogP contribution in [0.5, 0.6) is 5.75 Å². The summed E-state index contributed by atoms with van der Waals surface area (Å²) in [6.45, 7) is 0. The van der Waals surface area contributed by atoms with Crippen LogP contribution in [0.3, 0.4) is 0 Å². The molecule has 2 rings (SSSR count). The van der Waals surface area contributed by atoms with Gasteiger partial charge in [-0.05, 0) is 12.1 Å². The average molecular weight is 162 g/mol. The van der Waals surface area contributed by atoms with E-state index in [1.54, 1.807) is 18.2 Å². The molecule has 0 saturated heterocycles. The number of nitrogens with one attached hydrogen (secondary N) is 1. The number of hydrogen-bond acceptors (Lipinski definition) is 4. The second-order valence-corrected chi connectivity index (χ2v) is 2.29. The van der Waals surface area contributed by atoms with E-state index < -0.39 is 5.97 Å². The lowest BCUT2D eigenvalue weighted by atomic mass is 10.3. The number of hydrogen-bond donors (Lipinski definition) is 1. The van der Waals surface area contributed by atoms with Crippen LogP contribution in [0.2, 0.25) is 0 Å². The molecule has 0 bridgehead atoms. The largest absolute Gasteiger partial charge is 0.420 e. The van der Waals surface area contributed by atoms with Gasteiger partial charge in [-0.15, -0.1) is 0 Å². The summed E-state index contributed by atoms with van der Waals surface area (Å²) < 4.78 is 4.91. The maximum absolute atomic E-state index is 10.8. The molecule has 1 N–H and O–H groups in total. The van der Waals surface area contributed by atoms with Crippen LogP contribution in [0.1, 0.15) is 0 Å². The summed E-state index contributed by atoms with van der Waals surface area (Å²) in [4.78, 5) is 10.8. The number of anilines is 1. The van der Waals surface area contributed by atoms with E-state index in [1.165, 1.54) is 0 Å². The minimum absolute atomic E-state index is 0.465. The number of ether oxygens (including phenoxy) is 1. The second-order valence-electron chi connectivity index (χ2n) is 2.29. The Kier molecular flexibility index (Phi) is 1.51. The topological polar surface area (TPSA) is 50.7 Å². The van der Waals surface area contributed by atoms with Gasteiger partial charge in [0.25, 0.3) is 0 Å². The fraction of sp³-hybridized carbons (Fsp3) is 0. The van der Waals surface area contributed by atoms with Crippen LogP contribution >= 0.6 is 0 Å². The summed E-state index contributed by atoms with van der Waals surface area (Å²) in [6, 6.07) is 7.11. The lowest BCUT2D eigenvalue weighted by Gasteiger charge is -2.02. The number of para-hydroxylation sites is 2. The number of esters is 1. The molecule has 0 aliphatic carbocycles. The fourth-order valence-electron chi connectivity index (χ4n) is 0.937. The van der Waals surface area contributed by atoms with Crippen LogP contribution < -0.4 is 10.2 Å². The van der Waals surface area contributed by atoms with Crippen LogP contribution in [0.4, 0.5) is 5.69 Å². The monoisotopic (exact) mass is 162 g/mol. The van der Waals surface area contributed by atoms with E-state index in [0.717, 1.165) is 6.21 Å². The van der Waals surface area contributed by atoms with Crippen LogP contribution in [-0.2, 0) is 4.79 Å². The molecule has 0 atom stereocenters. The van der Waals surface area contributed by atoms with Crippen LogP contribution in [0, 0.1) is 0 Å². The normalized spacial score (nSPS) is 14.2. The molecule has 1 aromatic carbocycles. The third-order valence-corrected chi connectivity index (χ3v) is 1.45. The summed E-state index contributed by atoms with van der Waals surface area (Å²) in [6.07, 6.45) is 1.10. The van der Waals surface area contributed by atoms with Crippen molar-refractivity contribution in [3.63, 3.8) is 0 Å². The third kappa shape index (κ3) is 1.14. The van der Waals surface area contributed by atoms with E-state index in [0.29, 0.717) is 11.4 Å². The van der Waals surface area contributed by atoms with Crippen LogP contribution in [-0.4, -0.2) is 12.2 Å². The minimum Gasteiger partial charge on any atom is -0.420 e. The molecule has 1 aromatic rings. The van der Waals surface area contributed by atoms with Gasteiger partial charge in [0.1, 0.15) is 6.21 Å². The highest BCUT2D eigenvalue weighted by molar-refractivity contribution is 6.24. The lowest BCUT2D eigenvalue weighted by Crippen LogP contribution is -2.07. The number of carbonyl (C=O) groups excluding carboxylic acids is 1. The quantitative estimate of drug-likeness (QED) is 0.457. The van der Waals surface area contributed by atoms with Gasteiger partial charge < -0.3 is 4.74 Å². The standard InChI is InChI=1S/C8H6N2O2/c11-8-5-9-10-6-3-1-2-4-7(6)12-8/h1-5,10H. The van der Waals surface area contributed by atoms with Crippen molar-refractivity contribution in [2.75, 3.05) is 5.43 Å². The van der Waals surface area contributed by atoms with Crippen molar-refractivity contribution in [2.45, 2.75) is 0 Å². The predicted molar refractivity (Wildman–Crippen MR) is 44.2 cm³/mol. The SMILES string of the molecule is O=C1C=NNc2ccccc2O1. The average Bonchev–Trinajstić information content (AvgIpc) is 2.25. The van der Waals surface area contributed by atoms with Crippen molar-refractivity contribution in [1.82, 2.24) is 0 Å². The van der Waals surface area contributed by atoms with Crippen LogP contribution in [0.25, 0.3) is 0 Å². The summed E-state index contributed by atoms with van der Waals surface area (Å²) in [5, 5.41) is 3.64. The fourth-order valence-corrected chi connectivity index (χ4v) is 0.937. The molecule has 0 saturated carbocycles. The highest BCUT2D eigenvalue weighted by atomic mass is 16.5. The van der Waals surface area contributed by atoms with Crippen molar-refractivity contribution in [1.29, 1.82) is 0 Å². The van der Waals surface area contributed by atoms with Crippen molar-refractivity contribution < 1.29 is 9.53 Å². The van der Waals surface area contributed by atoms with E-state index >= 15 is 0 Å². The molecule has 1 heterocycles. The predicted octanol–water partition coefficient (Wildman–Crippen LogP) is 1.00. The second kappa shape index (κ2) is 2.65. The first kappa shape index (κ1) is 6.84. The first-order valence-electron chi connectivity index (χ1n) is 3.46. The molecule has 12 heavy (non-hydrogen) atoms. The molecule has 0 spiro atoms. The molecule has 4 heteroatoms.